The quantitative estimate of drug-likeness (QED) is 0.534. The molecular weight excluding hydrogens is 148 g/mol. The number of nitrogens with zero attached hydrogens (tertiary/aromatic N) is 1. The van der Waals surface area contributed by atoms with Crippen molar-refractivity contribution in [2.45, 2.75) is 20.4 Å². The van der Waals surface area contributed by atoms with Crippen LogP contribution in [-0.2, 0) is 6.54 Å². The first-order valence-electron chi connectivity index (χ1n) is 4.09. The van der Waals surface area contributed by atoms with Gasteiger partial charge in [-0.3, -0.25) is 0 Å². The van der Waals surface area contributed by atoms with E-state index < -0.39 is 0 Å². The predicted molar refractivity (Wildman–Crippen MR) is 52.2 cm³/mol. The Morgan fingerprint density at radius 1 is 1.33 bits per heavy atom. The second-order valence-electron chi connectivity index (χ2n) is 2.71. The Morgan fingerprint density at radius 2 is 2.00 bits per heavy atom. The third kappa shape index (κ3) is 2.74. The summed E-state index contributed by atoms with van der Waals surface area (Å²) in [5.74, 6) is 0. The lowest BCUT2D eigenvalue weighted by molar-refractivity contribution is 0.747. The molecule has 0 saturated carbocycles. The summed E-state index contributed by atoms with van der Waals surface area (Å²) in [6.07, 6.45) is 1.74. The van der Waals surface area contributed by atoms with Crippen molar-refractivity contribution < 1.29 is 0 Å². The van der Waals surface area contributed by atoms with E-state index in [-0.39, 0.29) is 0 Å². The van der Waals surface area contributed by atoms with Gasteiger partial charge in [-0.05, 0) is 19.4 Å². The number of hydrazone groups is 1. The molecule has 1 aromatic carbocycles. The maximum atomic E-state index is 3.91. The summed E-state index contributed by atoms with van der Waals surface area (Å²) in [4.78, 5) is 0. The summed E-state index contributed by atoms with van der Waals surface area (Å²) < 4.78 is 0. The highest BCUT2D eigenvalue weighted by molar-refractivity contribution is 5.52. The molecule has 0 amide bonds. The van der Waals surface area contributed by atoms with Gasteiger partial charge in [-0.25, -0.2) is 0 Å². The van der Waals surface area contributed by atoms with Crippen molar-refractivity contribution in [3.05, 3.63) is 35.4 Å². The second kappa shape index (κ2) is 4.54. The van der Waals surface area contributed by atoms with Gasteiger partial charge >= 0.3 is 0 Å². The lowest BCUT2D eigenvalue weighted by Gasteiger charge is -2.00. The fraction of sp³-hybridized carbons (Fsp3) is 0.300. The molecule has 0 fully saturated rings. The van der Waals surface area contributed by atoms with Gasteiger partial charge in [0.15, 0.2) is 0 Å². The Bertz CT molecular complexity index is 249. The van der Waals surface area contributed by atoms with Gasteiger partial charge in [-0.1, -0.05) is 29.8 Å². The minimum atomic E-state index is 0.796. The lowest BCUT2D eigenvalue weighted by Crippen LogP contribution is -2.04. The molecular formula is C10H14N2. The fourth-order valence-corrected chi connectivity index (χ4v) is 0.934. The Labute approximate surface area is 73.3 Å². The molecule has 0 atom stereocenters. The molecule has 1 rings (SSSR count). The van der Waals surface area contributed by atoms with Gasteiger partial charge in [0.25, 0.3) is 0 Å². The number of hydrogen-bond acceptors (Lipinski definition) is 2. The van der Waals surface area contributed by atoms with Crippen LogP contribution in [-0.4, -0.2) is 6.21 Å². The van der Waals surface area contributed by atoms with E-state index in [4.69, 9.17) is 0 Å². The third-order valence-electron chi connectivity index (χ3n) is 1.62. The average Bonchev–Trinajstić information content (AvgIpc) is 2.09. The van der Waals surface area contributed by atoms with Crippen molar-refractivity contribution in [2.75, 3.05) is 0 Å². The first-order valence-corrected chi connectivity index (χ1v) is 4.09. The molecule has 1 aromatic rings. The van der Waals surface area contributed by atoms with Crippen LogP contribution in [0.4, 0.5) is 0 Å². The van der Waals surface area contributed by atoms with Gasteiger partial charge in [0.2, 0.25) is 0 Å². The number of aryl methyl sites for hydroxylation is 1. The molecule has 2 nitrogen and oxygen atoms in total. The molecule has 12 heavy (non-hydrogen) atoms. The van der Waals surface area contributed by atoms with E-state index in [0.717, 1.165) is 6.54 Å². The molecule has 0 aliphatic rings. The standard InChI is InChI=1S/C10H14N2/c1-3-11-12-8-10-6-4-9(2)5-7-10/h3-7,12H,8H2,1-2H3/b11-3-. The van der Waals surface area contributed by atoms with E-state index in [1.807, 2.05) is 6.92 Å². The first-order chi connectivity index (χ1) is 5.83. The minimum absolute atomic E-state index is 0.796. The first kappa shape index (κ1) is 8.78. The van der Waals surface area contributed by atoms with Crippen LogP contribution < -0.4 is 5.43 Å². The molecule has 0 spiro atoms. The van der Waals surface area contributed by atoms with Crippen LogP contribution in [0, 0.1) is 6.92 Å². The Hall–Kier alpha value is -1.31. The molecule has 1 N–H and O–H groups in total. The maximum absolute atomic E-state index is 3.91. The Kier molecular flexibility index (Phi) is 3.33. The largest absolute Gasteiger partial charge is 0.306 e. The van der Waals surface area contributed by atoms with Crippen LogP contribution in [0.25, 0.3) is 0 Å². The van der Waals surface area contributed by atoms with Crippen molar-refractivity contribution in [3.8, 4) is 0 Å². The summed E-state index contributed by atoms with van der Waals surface area (Å²) in [6, 6.07) is 8.42. The van der Waals surface area contributed by atoms with E-state index in [1.165, 1.54) is 11.1 Å². The second-order valence-corrected chi connectivity index (χ2v) is 2.71. The van der Waals surface area contributed by atoms with E-state index >= 15 is 0 Å². The van der Waals surface area contributed by atoms with Gasteiger partial charge in [-0.15, -0.1) is 0 Å². The molecule has 64 valence electrons. The van der Waals surface area contributed by atoms with Crippen LogP contribution in [0.15, 0.2) is 29.4 Å². The topological polar surface area (TPSA) is 24.4 Å². The number of benzene rings is 1. The van der Waals surface area contributed by atoms with Gasteiger partial charge in [0.05, 0.1) is 6.54 Å². The molecule has 0 aromatic heterocycles. The monoisotopic (exact) mass is 162 g/mol. The summed E-state index contributed by atoms with van der Waals surface area (Å²) in [6.45, 7) is 4.77. The zero-order chi connectivity index (χ0) is 8.81. The summed E-state index contributed by atoms with van der Waals surface area (Å²) in [5, 5.41) is 3.91. The highest BCUT2D eigenvalue weighted by Gasteiger charge is 1.88. The SMILES string of the molecule is C/C=N\NCc1ccc(C)cc1. The molecule has 0 bridgehead atoms. The highest BCUT2D eigenvalue weighted by atomic mass is 15.3. The smallest absolute Gasteiger partial charge is 0.0579 e. The van der Waals surface area contributed by atoms with Gasteiger partial charge in [0.1, 0.15) is 0 Å². The average molecular weight is 162 g/mol. The lowest BCUT2D eigenvalue weighted by atomic mass is 10.1. The number of nitrogens with one attached hydrogen (secondary N) is 1. The highest BCUT2D eigenvalue weighted by Crippen LogP contribution is 2.01. The summed E-state index contributed by atoms with van der Waals surface area (Å²) in [7, 11) is 0. The predicted octanol–water partition coefficient (Wildman–Crippen LogP) is 2.09. The Morgan fingerprint density at radius 3 is 2.58 bits per heavy atom. The van der Waals surface area contributed by atoms with E-state index in [0.29, 0.717) is 0 Å². The van der Waals surface area contributed by atoms with Crippen LogP contribution in [0.5, 0.6) is 0 Å². The summed E-state index contributed by atoms with van der Waals surface area (Å²) >= 11 is 0. The van der Waals surface area contributed by atoms with Crippen molar-refractivity contribution in [3.63, 3.8) is 0 Å². The fourth-order valence-electron chi connectivity index (χ4n) is 0.934. The van der Waals surface area contributed by atoms with Gasteiger partial charge < -0.3 is 5.43 Å². The van der Waals surface area contributed by atoms with Crippen molar-refractivity contribution in [1.82, 2.24) is 5.43 Å². The number of hydrogen-bond donors (Lipinski definition) is 1. The molecule has 0 aliphatic carbocycles. The minimum Gasteiger partial charge on any atom is -0.306 e. The normalized spacial score (nSPS) is 10.5. The third-order valence-corrected chi connectivity index (χ3v) is 1.62. The maximum Gasteiger partial charge on any atom is 0.0579 e. The Balaban J connectivity index is 2.47. The van der Waals surface area contributed by atoms with Crippen molar-refractivity contribution in [1.29, 1.82) is 0 Å². The molecule has 2 heteroatoms. The van der Waals surface area contributed by atoms with Gasteiger partial charge in [0, 0.05) is 6.21 Å². The zero-order valence-electron chi connectivity index (χ0n) is 7.54. The van der Waals surface area contributed by atoms with E-state index in [1.54, 1.807) is 6.21 Å². The molecule has 0 saturated heterocycles. The van der Waals surface area contributed by atoms with Crippen LogP contribution in [0.3, 0.4) is 0 Å². The molecule has 0 heterocycles. The summed E-state index contributed by atoms with van der Waals surface area (Å²) in [5.41, 5.74) is 5.49. The number of rotatable bonds is 3. The molecule has 0 unspecified atom stereocenters. The zero-order valence-corrected chi connectivity index (χ0v) is 7.54. The van der Waals surface area contributed by atoms with E-state index in [2.05, 4.69) is 41.7 Å². The van der Waals surface area contributed by atoms with Crippen molar-refractivity contribution in [2.24, 2.45) is 5.10 Å². The molecule has 0 aliphatic heterocycles. The molecule has 0 radical (unpaired) electrons. The van der Waals surface area contributed by atoms with Crippen LogP contribution >= 0.6 is 0 Å². The van der Waals surface area contributed by atoms with Crippen LogP contribution in [0.2, 0.25) is 0 Å². The van der Waals surface area contributed by atoms with E-state index in [9.17, 15) is 0 Å². The van der Waals surface area contributed by atoms with Crippen LogP contribution in [0.1, 0.15) is 18.1 Å². The van der Waals surface area contributed by atoms with Crippen molar-refractivity contribution >= 4 is 6.21 Å². The van der Waals surface area contributed by atoms with Gasteiger partial charge in [-0.2, -0.15) is 5.10 Å².